The molecule has 0 aliphatic carbocycles. The van der Waals surface area contributed by atoms with Crippen molar-refractivity contribution in [3.63, 3.8) is 0 Å². The van der Waals surface area contributed by atoms with Crippen molar-refractivity contribution >= 4 is 11.6 Å². The topological polar surface area (TPSA) is 79.9 Å². The van der Waals surface area contributed by atoms with E-state index < -0.39 is 6.04 Å². The number of hydrogen-bond acceptors (Lipinski definition) is 4. The van der Waals surface area contributed by atoms with Crippen LogP contribution in [0.2, 0.25) is 0 Å². The third kappa shape index (κ3) is 2.83. The van der Waals surface area contributed by atoms with Crippen molar-refractivity contribution in [2.75, 3.05) is 18.0 Å². The molecule has 0 radical (unpaired) electrons. The lowest BCUT2D eigenvalue weighted by Crippen LogP contribution is -2.44. The van der Waals surface area contributed by atoms with Crippen molar-refractivity contribution in [2.45, 2.75) is 18.9 Å². The van der Waals surface area contributed by atoms with Gasteiger partial charge in [0.2, 0.25) is 5.91 Å². The molecule has 19 heavy (non-hydrogen) atoms. The Kier molecular flexibility index (Phi) is 4.00. The van der Waals surface area contributed by atoms with Gasteiger partial charge < -0.3 is 10.2 Å². The first-order valence-corrected chi connectivity index (χ1v) is 6.17. The zero-order valence-electron chi connectivity index (χ0n) is 10.5. The van der Waals surface area contributed by atoms with E-state index in [2.05, 4.69) is 17.5 Å². The second-order valence-electron chi connectivity index (χ2n) is 4.38. The van der Waals surface area contributed by atoms with E-state index >= 15 is 0 Å². The van der Waals surface area contributed by atoms with Gasteiger partial charge in [-0.1, -0.05) is 6.07 Å². The van der Waals surface area contributed by atoms with E-state index in [1.54, 1.807) is 18.2 Å². The van der Waals surface area contributed by atoms with Crippen LogP contribution in [0.1, 0.15) is 18.4 Å². The summed E-state index contributed by atoms with van der Waals surface area (Å²) in [5, 5.41) is 20.6. The predicted octanol–water partition coefficient (Wildman–Crippen LogP) is 1.17. The van der Waals surface area contributed by atoms with Gasteiger partial charge in [-0.3, -0.25) is 4.79 Å². The summed E-state index contributed by atoms with van der Waals surface area (Å²) < 4.78 is 0. The van der Waals surface area contributed by atoms with Gasteiger partial charge in [0.05, 0.1) is 24.1 Å². The highest BCUT2D eigenvalue weighted by Gasteiger charge is 2.28. The van der Waals surface area contributed by atoms with Crippen LogP contribution < -0.4 is 10.2 Å². The Labute approximate surface area is 112 Å². The van der Waals surface area contributed by atoms with E-state index in [0.717, 1.165) is 12.1 Å². The van der Waals surface area contributed by atoms with Crippen LogP contribution in [-0.4, -0.2) is 25.0 Å². The zero-order chi connectivity index (χ0) is 13.7. The lowest BCUT2D eigenvalue weighted by molar-refractivity contribution is -0.121. The molecular weight excluding hydrogens is 240 g/mol. The number of carbonyl (C=O) groups excluding carboxylic acids is 1. The van der Waals surface area contributed by atoms with Crippen molar-refractivity contribution in [3.05, 3.63) is 29.8 Å². The summed E-state index contributed by atoms with van der Waals surface area (Å²) in [6, 6.07) is 10.8. The first kappa shape index (κ1) is 12.9. The largest absolute Gasteiger partial charge is 0.359 e. The Morgan fingerprint density at radius 2 is 2.26 bits per heavy atom. The standard InChI is InChI=1S/C14H14N4O/c15-6-5-13-14(19)17-7-2-8-18(13)12-4-1-3-11(9-12)10-16/h1,3-4,9,13H,2,5,7-8H2,(H,17,19). The zero-order valence-corrected chi connectivity index (χ0v) is 10.5. The smallest absolute Gasteiger partial charge is 0.243 e. The molecule has 1 saturated heterocycles. The number of nitrogens with zero attached hydrogens (tertiary/aromatic N) is 3. The Morgan fingerprint density at radius 1 is 1.42 bits per heavy atom. The SMILES string of the molecule is N#CCC1C(=O)NCCCN1c1cccc(C#N)c1. The summed E-state index contributed by atoms with van der Waals surface area (Å²) in [5.74, 6) is -0.124. The van der Waals surface area contributed by atoms with Crippen LogP contribution in [0.5, 0.6) is 0 Å². The molecule has 1 unspecified atom stereocenters. The normalized spacial score (nSPS) is 18.9. The number of anilines is 1. The van der Waals surface area contributed by atoms with E-state index in [9.17, 15) is 4.79 Å². The molecule has 0 aromatic heterocycles. The summed E-state index contributed by atoms with van der Waals surface area (Å²) >= 11 is 0. The van der Waals surface area contributed by atoms with Crippen LogP contribution in [0.4, 0.5) is 5.69 Å². The minimum atomic E-state index is -0.485. The molecule has 1 atom stereocenters. The minimum Gasteiger partial charge on any atom is -0.359 e. The average Bonchev–Trinajstić information content (AvgIpc) is 2.62. The number of rotatable bonds is 2. The molecule has 1 aliphatic heterocycles. The third-order valence-electron chi connectivity index (χ3n) is 3.15. The molecule has 96 valence electrons. The van der Waals surface area contributed by atoms with Crippen molar-refractivity contribution in [1.82, 2.24) is 5.32 Å². The van der Waals surface area contributed by atoms with E-state index in [4.69, 9.17) is 10.5 Å². The predicted molar refractivity (Wildman–Crippen MR) is 70.1 cm³/mol. The molecular formula is C14H14N4O. The Bertz CT molecular complexity index is 555. The van der Waals surface area contributed by atoms with E-state index in [1.807, 2.05) is 11.0 Å². The molecule has 1 aromatic carbocycles. The van der Waals surface area contributed by atoms with Gasteiger partial charge in [-0.15, -0.1) is 0 Å². The van der Waals surface area contributed by atoms with Gasteiger partial charge in [0.25, 0.3) is 0 Å². The highest BCUT2D eigenvalue weighted by Crippen LogP contribution is 2.21. The highest BCUT2D eigenvalue weighted by molar-refractivity contribution is 5.86. The monoisotopic (exact) mass is 254 g/mol. The van der Waals surface area contributed by atoms with Gasteiger partial charge in [0.1, 0.15) is 6.04 Å². The summed E-state index contributed by atoms with van der Waals surface area (Å²) in [5.41, 5.74) is 1.37. The summed E-state index contributed by atoms with van der Waals surface area (Å²) in [7, 11) is 0. The first-order chi connectivity index (χ1) is 9.26. The average molecular weight is 254 g/mol. The maximum absolute atomic E-state index is 12.0. The van der Waals surface area contributed by atoms with Crippen LogP contribution in [0.25, 0.3) is 0 Å². The van der Waals surface area contributed by atoms with Crippen LogP contribution in [0.3, 0.4) is 0 Å². The van der Waals surface area contributed by atoms with Crippen LogP contribution >= 0.6 is 0 Å². The molecule has 1 amide bonds. The van der Waals surface area contributed by atoms with Gasteiger partial charge >= 0.3 is 0 Å². The van der Waals surface area contributed by atoms with Crippen molar-refractivity contribution in [3.8, 4) is 12.1 Å². The first-order valence-electron chi connectivity index (χ1n) is 6.17. The maximum Gasteiger partial charge on any atom is 0.243 e. The van der Waals surface area contributed by atoms with Gasteiger partial charge in [-0.05, 0) is 24.6 Å². The number of benzene rings is 1. The van der Waals surface area contributed by atoms with Gasteiger partial charge in [0, 0.05) is 18.8 Å². The summed E-state index contributed by atoms with van der Waals surface area (Å²) in [6.07, 6.45) is 0.965. The number of amides is 1. The second kappa shape index (κ2) is 5.88. The molecule has 1 N–H and O–H groups in total. The van der Waals surface area contributed by atoms with E-state index in [1.165, 1.54) is 0 Å². The van der Waals surface area contributed by atoms with E-state index in [-0.39, 0.29) is 12.3 Å². The summed E-state index contributed by atoms with van der Waals surface area (Å²) in [4.78, 5) is 13.9. The van der Waals surface area contributed by atoms with Crippen LogP contribution in [0.15, 0.2) is 24.3 Å². The Morgan fingerprint density at radius 3 is 3.00 bits per heavy atom. The fourth-order valence-corrected chi connectivity index (χ4v) is 2.23. The highest BCUT2D eigenvalue weighted by atomic mass is 16.2. The third-order valence-corrected chi connectivity index (χ3v) is 3.15. The molecule has 1 fully saturated rings. The lowest BCUT2D eigenvalue weighted by atomic mass is 10.1. The lowest BCUT2D eigenvalue weighted by Gasteiger charge is -2.29. The fourth-order valence-electron chi connectivity index (χ4n) is 2.23. The van der Waals surface area contributed by atoms with Gasteiger partial charge in [0.15, 0.2) is 0 Å². The van der Waals surface area contributed by atoms with Crippen LogP contribution in [-0.2, 0) is 4.79 Å². The minimum absolute atomic E-state index is 0.124. The van der Waals surface area contributed by atoms with E-state index in [0.29, 0.717) is 18.7 Å². The Hall–Kier alpha value is -2.53. The molecule has 5 nitrogen and oxygen atoms in total. The van der Waals surface area contributed by atoms with Crippen molar-refractivity contribution in [1.29, 1.82) is 10.5 Å². The quantitative estimate of drug-likeness (QED) is 0.859. The maximum atomic E-state index is 12.0. The van der Waals surface area contributed by atoms with Gasteiger partial charge in [-0.2, -0.15) is 10.5 Å². The molecule has 1 aliphatic rings. The summed E-state index contributed by atoms with van der Waals surface area (Å²) in [6.45, 7) is 1.31. The second-order valence-corrected chi connectivity index (χ2v) is 4.38. The number of nitrogens with one attached hydrogen (secondary N) is 1. The molecule has 5 heteroatoms. The molecule has 0 saturated carbocycles. The van der Waals surface area contributed by atoms with Crippen LogP contribution in [0, 0.1) is 22.7 Å². The molecule has 1 heterocycles. The van der Waals surface area contributed by atoms with Gasteiger partial charge in [-0.25, -0.2) is 0 Å². The number of nitriles is 2. The number of carbonyl (C=O) groups is 1. The Balaban J connectivity index is 2.35. The van der Waals surface area contributed by atoms with Crippen molar-refractivity contribution < 1.29 is 4.79 Å². The fraction of sp³-hybridized carbons (Fsp3) is 0.357. The number of hydrogen-bond donors (Lipinski definition) is 1. The van der Waals surface area contributed by atoms with Crippen molar-refractivity contribution in [2.24, 2.45) is 0 Å². The molecule has 0 bridgehead atoms. The molecule has 0 spiro atoms. The molecule has 2 rings (SSSR count). The molecule has 1 aromatic rings.